The molecule has 5 heteroatoms. The second kappa shape index (κ2) is 8.77. The van der Waals surface area contributed by atoms with Gasteiger partial charge in [-0.2, -0.15) is 0 Å². The number of hydrogen-bond donors (Lipinski definition) is 2. The Bertz CT molecular complexity index is 737. The van der Waals surface area contributed by atoms with Gasteiger partial charge in [0.05, 0.1) is 19.3 Å². The number of anilines is 2. The van der Waals surface area contributed by atoms with E-state index in [1.165, 1.54) is 0 Å². The fourth-order valence-corrected chi connectivity index (χ4v) is 2.89. The highest BCUT2D eigenvalue weighted by Crippen LogP contribution is 2.30. The van der Waals surface area contributed by atoms with Crippen molar-refractivity contribution in [1.82, 2.24) is 0 Å². The number of aryl methyl sites for hydroxylation is 3. The molecule has 0 saturated carbocycles. The lowest BCUT2D eigenvalue weighted by atomic mass is 10.0. The van der Waals surface area contributed by atoms with Crippen LogP contribution in [0.1, 0.15) is 30.5 Å². The number of halogens is 1. The Morgan fingerprint density at radius 2 is 1.80 bits per heavy atom. The Kier molecular flexibility index (Phi) is 6.71. The Hall–Kier alpha value is -2.20. The van der Waals surface area contributed by atoms with Gasteiger partial charge in [0, 0.05) is 16.8 Å². The minimum Gasteiger partial charge on any atom is -0.495 e. The third-order valence-electron chi connectivity index (χ3n) is 4.18. The first-order valence-electron chi connectivity index (χ1n) is 8.48. The zero-order chi connectivity index (χ0) is 18.4. The lowest BCUT2D eigenvalue weighted by Crippen LogP contribution is -2.23. The molecule has 1 amide bonds. The van der Waals surface area contributed by atoms with Crippen LogP contribution in [0, 0.1) is 6.92 Å². The fourth-order valence-electron chi connectivity index (χ4n) is 2.73. The molecule has 0 heterocycles. The van der Waals surface area contributed by atoms with Crippen molar-refractivity contribution in [2.24, 2.45) is 0 Å². The van der Waals surface area contributed by atoms with E-state index < -0.39 is 0 Å². The molecule has 0 bridgehead atoms. The highest BCUT2D eigenvalue weighted by molar-refractivity contribution is 6.31. The van der Waals surface area contributed by atoms with Gasteiger partial charge < -0.3 is 15.4 Å². The van der Waals surface area contributed by atoms with Crippen LogP contribution >= 0.6 is 11.6 Å². The van der Waals surface area contributed by atoms with Gasteiger partial charge in [0.25, 0.3) is 0 Å². The van der Waals surface area contributed by atoms with E-state index in [9.17, 15) is 4.79 Å². The van der Waals surface area contributed by atoms with Gasteiger partial charge in [-0.3, -0.25) is 4.79 Å². The molecule has 25 heavy (non-hydrogen) atoms. The van der Waals surface area contributed by atoms with Crippen molar-refractivity contribution >= 4 is 28.9 Å². The SMILES string of the molecule is CCc1cccc(CC)c1NC(=O)CNc1cc(C)c(Cl)cc1OC. The normalized spacial score (nSPS) is 10.4. The molecule has 0 radical (unpaired) electrons. The average Bonchev–Trinajstić information content (AvgIpc) is 2.62. The Morgan fingerprint density at radius 1 is 1.16 bits per heavy atom. The molecule has 4 nitrogen and oxygen atoms in total. The standard InChI is InChI=1S/C20H25ClN2O2/c1-5-14-8-7-9-15(6-2)20(14)23-19(24)12-22-17-10-13(3)16(21)11-18(17)25-4/h7-11,22H,5-6,12H2,1-4H3,(H,23,24). The largest absolute Gasteiger partial charge is 0.495 e. The van der Waals surface area contributed by atoms with Gasteiger partial charge in [-0.25, -0.2) is 0 Å². The zero-order valence-electron chi connectivity index (χ0n) is 15.2. The highest BCUT2D eigenvalue weighted by atomic mass is 35.5. The molecule has 134 valence electrons. The van der Waals surface area contributed by atoms with Crippen LogP contribution in [-0.4, -0.2) is 19.6 Å². The number of nitrogens with one attached hydrogen (secondary N) is 2. The molecule has 0 fully saturated rings. The molecule has 2 N–H and O–H groups in total. The molecule has 0 aliphatic heterocycles. The monoisotopic (exact) mass is 360 g/mol. The van der Waals surface area contributed by atoms with Crippen molar-refractivity contribution in [3.8, 4) is 5.75 Å². The first-order chi connectivity index (χ1) is 12.0. The number of carbonyl (C=O) groups excluding carboxylic acids is 1. The maximum Gasteiger partial charge on any atom is 0.243 e. The van der Waals surface area contributed by atoms with Gasteiger partial charge in [-0.15, -0.1) is 0 Å². The van der Waals surface area contributed by atoms with E-state index in [0.717, 1.165) is 40.9 Å². The maximum absolute atomic E-state index is 12.4. The molecular weight excluding hydrogens is 336 g/mol. The van der Waals surface area contributed by atoms with Crippen LogP contribution in [0.2, 0.25) is 5.02 Å². The van der Waals surface area contributed by atoms with Crippen molar-refractivity contribution in [2.75, 3.05) is 24.3 Å². The van der Waals surface area contributed by atoms with Crippen molar-refractivity contribution in [3.05, 3.63) is 52.0 Å². The Balaban J connectivity index is 2.11. The molecule has 0 aromatic heterocycles. The van der Waals surface area contributed by atoms with E-state index in [2.05, 4.69) is 24.5 Å². The summed E-state index contributed by atoms with van der Waals surface area (Å²) in [5.74, 6) is 0.525. The molecule has 0 aliphatic rings. The van der Waals surface area contributed by atoms with E-state index in [-0.39, 0.29) is 12.5 Å². The highest BCUT2D eigenvalue weighted by Gasteiger charge is 2.12. The molecule has 0 aliphatic carbocycles. The van der Waals surface area contributed by atoms with E-state index >= 15 is 0 Å². The first kappa shape index (κ1) is 19.1. The number of ether oxygens (including phenoxy) is 1. The fraction of sp³-hybridized carbons (Fsp3) is 0.350. The second-order valence-electron chi connectivity index (χ2n) is 5.86. The minimum atomic E-state index is -0.0924. The Labute approximate surface area is 154 Å². The van der Waals surface area contributed by atoms with Crippen LogP contribution < -0.4 is 15.4 Å². The maximum atomic E-state index is 12.4. The van der Waals surface area contributed by atoms with Gasteiger partial charge in [0.15, 0.2) is 0 Å². The lowest BCUT2D eigenvalue weighted by molar-refractivity contribution is -0.114. The van der Waals surface area contributed by atoms with E-state index in [1.807, 2.05) is 31.2 Å². The third-order valence-corrected chi connectivity index (χ3v) is 4.59. The molecule has 0 atom stereocenters. The zero-order valence-corrected chi connectivity index (χ0v) is 16.0. The molecule has 2 aromatic carbocycles. The van der Waals surface area contributed by atoms with Gasteiger partial charge in [0.2, 0.25) is 5.91 Å². The summed E-state index contributed by atoms with van der Waals surface area (Å²) in [5, 5.41) is 6.81. The summed E-state index contributed by atoms with van der Waals surface area (Å²) < 4.78 is 5.33. The van der Waals surface area contributed by atoms with Crippen molar-refractivity contribution in [2.45, 2.75) is 33.6 Å². The van der Waals surface area contributed by atoms with Gasteiger partial charge >= 0.3 is 0 Å². The molecule has 0 spiro atoms. The number of hydrogen-bond acceptors (Lipinski definition) is 3. The number of carbonyl (C=O) groups is 1. The average molecular weight is 361 g/mol. The van der Waals surface area contributed by atoms with Gasteiger partial charge in [0.1, 0.15) is 5.75 Å². The summed E-state index contributed by atoms with van der Waals surface area (Å²) in [6, 6.07) is 9.76. The molecule has 2 rings (SSSR count). The quantitative estimate of drug-likeness (QED) is 0.743. The van der Waals surface area contributed by atoms with E-state index in [0.29, 0.717) is 10.8 Å². The van der Waals surface area contributed by atoms with Crippen LogP contribution in [-0.2, 0) is 17.6 Å². The molecule has 0 unspecified atom stereocenters. The topological polar surface area (TPSA) is 50.4 Å². The third kappa shape index (κ3) is 4.67. The summed E-state index contributed by atoms with van der Waals surface area (Å²) >= 11 is 6.11. The lowest BCUT2D eigenvalue weighted by Gasteiger charge is -2.16. The summed E-state index contributed by atoms with van der Waals surface area (Å²) in [5.41, 5.74) is 4.90. The summed E-state index contributed by atoms with van der Waals surface area (Å²) in [7, 11) is 1.58. The van der Waals surface area contributed by atoms with Gasteiger partial charge in [-0.05, 0) is 42.5 Å². The number of amides is 1. The number of rotatable bonds is 7. The minimum absolute atomic E-state index is 0.0924. The van der Waals surface area contributed by atoms with E-state index in [4.69, 9.17) is 16.3 Å². The summed E-state index contributed by atoms with van der Waals surface area (Å²) in [4.78, 5) is 12.4. The smallest absolute Gasteiger partial charge is 0.243 e. The van der Waals surface area contributed by atoms with Crippen LogP contribution in [0.25, 0.3) is 0 Å². The van der Waals surface area contributed by atoms with Crippen molar-refractivity contribution in [1.29, 1.82) is 0 Å². The molecule has 2 aromatic rings. The van der Waals surface area contributed by atoms with Crippen LogP contribution in [0.4, 0.5) is 11.4 Å². The Morgan fingerprint density at radius 3 is 2.36 bits per heavy atom. The van der Waals surface area contributed by atoms with Crippen LogP contribution in [0.5, 0.6) is 5.75 Å². The second-order valence-corrected chi connectivity index (χ2v) is 6.27. The number of benzene rings is 2. The molecule has 0 saturated heterocycles. The molecular formula is C20H25ClN2O2. The van der Waals surface area contributed by atoms with E-state index in [1.54, 1.807) is 13.2 Å². The van der Waals surface area contributed by atoms with Crippen molar-refractivity contribution in [3.63, 3.8) is 0 Å². The predicted octanol–water partition coefficient (Wildman–Crippen LogP) is 4.83. The summed E-state index contributed by atoms with van der Waals surface area (Å²) in [6.45, 7) is 6.24. The van der Waals surface area contributed by atoms with Gasteiger partial charge in [-0.1, -0.05) is 43.6 Å². The predicted molar refractivity (Wildman–Crippen MR) is 105 cm³/mol. The summed E-state index contributed by atoms with van der Waals surface area (Å²) in [6.07, 6.45) is 1.75. The number of para-hydroxylation sites is 1. The van der Waals surface area contributed by atoms with Crippen LogP contribution in [0.15, 0.2) is 30.3 Å². The number of methoxy groups -OCH3 is 1. The van der Waals surface area contributed by atoms with Crippen molar-refractivity contribution < 1.29 is 9.53 Å². The first-order valence-corrected chi connectivity index (χ1v) is 8.86. The van der Waals surface area contributed by atoms with Crippen LogP contribution in [0.3, 0.4) is 0 Å².